The van der Waals surface area contributed by atoms with Gasteiger partial charge in [-0.2, -0.15) is 0 Å². The zero-order valence-corrected chi connectivity index (χ0v) is 18.3. The lowest BCUT2D eigenvalue weighted by Gasteiger charge is -2.29. The average molecular weight is 442 g/mol. The second-order valence-electron chi connectivity index (χ2n) is 6.61. The van der Waals surface area contributed by atoms with Gasteiger partial charge in [0.1, 0.15) is 11.0 Å². The van der Waals surface area contributed by atoms with Crippen LogP contribution >= 0.6 is 11.8 Å². The number of hydrogen-bond donors (Lipinski definition) is 1. The SMILES string of the molecule is CCOC(=O)c1ccc(N=C2SC(C(=O)Nc3ccccc3OC)CC(=O)N2C)cc1. The Hall–Kier alpha value is -3.33. The number of ether oxygens (including phenoxy) is 2. The Labute approximate surface area is 184 Å². The number of carbonyl (C=O) groups excluding carboxylic acids is 3. The molecule has 0 radical (unpaired) electrons. The first kappa shape index (κ1) is 22.4. The van der Waals surface area contributed by atoms with Gasteiger partial charge < -0.3 is 14.8 Å². The van der Waals surface area contributed by atoms with Gasteiger partial charge in [-0.3, -0.25) is 14.5 Å². The third-order valence-electron chi connectivity index (χ3n) is 4.53. The first-order chi connectivity index (χ1) is 14.9. The summed E-state index contributed by atoms with van der Waals surface area (Å²) in [6, 6.07) is 13.6. The second kappa shape index (κ2) is 10.1. The van der Waals surface area contributed by atoms with Crippen molar-refractivity contribution in [3.63, 3.8) is 0 Å². The zero-order chi connectivity index (χ0) is 22.4. The molecule has 2 aromatic rings. The molecule has 0 aliphatic carbocycles. The number of amidine groups is 1. The van der Waals surface area contributed by atoms with Gasteiger partial charge in [0.25, 0.3) is 0 Å². The lowest BCUT2D eigenvalue weighted by molar-refractivity contribution is -0.128. The number of esters is 1. The van der Waals surface area contributed by atoms with Crippen LogP contribution in [0.4, 0.5) is 11.4 Å². The van der Waals surface area contributed by atoms with E-state index in [1.165, 1.54) is 23.8 Å². The van der Waals surface area contributed by atoms with E-state index in [0.717, 1.165) is 0 Å². The highest BCUT2D eigenvalue weighted by Crippen LogP contribution is 2.30. The number of nitrogens with one attached hydrogen (secondary N) is 1. The predicted molar refractivity (Wildman–Crippen MR) is 120 cm³/mol. The summed E-state index contributed by atoms with van der Waals surface area (Å²) in [6.45, 7) is 2.04. The maximum absolute atomic E-state index is 12.8. The van der Waals surface area contributed by atoms with Crippen LogP contribution in [0.25, 0.3) is 0 Å². The van der Waals surface area contributed by atoms with Crippen molar-refractivity contribution in [1.82, 2.24) is 4.90 Å². The van der Waals surface area contributed by atoms with E-state index in [2.05, 4.69) is 10.3 Å². The van der Waals surface area contributed by atoms with Crippen LogP contribution in [0.2, 0.25) is 0 Å². The molecule has 0 bridgehead atoms. The van der Waals surface area contributed by atoms with Crippen molar-refractivity contribution in [2.24, 2.45) is 4.99 Å². The molecule has 2 amide bonds. The van der Waals surface area contributed by atoms with Crippen LogP contribution in [-0.2, 0) is 14.3 Å². The number of benzene rings is 2. The minimum Gasteiger partial charge on any atom is -0.495 e. The largest absolute Gasteiger partial charge is 0.495 e. The van der Waals surface area contributed by atoms with E-state index in [4.69, 9.17) is 9.47 Å². The molecule has 2 aromatic carbocycles. The number of hydrogen-bond acceptors (Lipinski definition) is 7. The predicted octanol–water partition coefficient (Wildman–Crippen LogP) is 3.46. The van der Waals surface area contributed by atoms with Gasteiger partial charge in [-0.05, 0) is 43.3 Å². The van der Waals surface area contributed by atoms with Crippen LogP contribution in [0.1, 0.15) is 23.7 Å². The molecule has 1 heterocycles. The number of nitrogens with zero attached hydrogens (tertiary/aromatic N) is 2. The van der Waals surface area contributed by atoms with Gasteiger partial charge in [-0.25, -0.2) is 9.79 Å². The molecule has 0 aromatic heterocycles. The Balaban J connectivity index is 1.76. The third kappa shape index (κ3) is 5.43. The molecule has 162 valence electrons. The lowest BCUT2D eigenvalue weighted by Crippen LogP contribution is -2.43. The molecular formula is C22H23N3O5S. The summed E-state index contributed by atoms with van der Waals surface area (Å²) in [5.41, 5.74) is 1.51. The maximum atomic E-state index is 12.8. The van der Waals surface area contributed by atoms with Gasteiger partial charge in [-0.15, -0.1) is 0 Å². The van der Waals surface area contributed by atoms with E-state index in [0.29, 0.717) is 34.5 Å². The molecule has 31 heavy (non-hydrogen) atoms. The molecule has 1 atom stereocenters. The Kier molecular flexibility index (Phi) is 7.30. The molecule has 1 unspecified atom stereocenters. The van der Waals surface area contributed by atoms with Crippen molar-refractivity contribution in [1.29, 1.82) is 0 Å². The van der Waals surface area contributed by atoms with Crippen molar-refractivity contribution < 1.29 is 23.9 Å². The Morgan fingerprint density at radius 3 is 2.58 bits per heavy atom. The first-order valence-electron chi connectivity index (χ1n) is 9.66. The van der Waals surface area contributed by atoms with Crippen molar-refractivity contribution in [2.75, 3.05) is 26.1 Å². The topological polar surface area (TPSA) is 97.3 Å². The molecule has 1 saturated heterocycles. The number of amides is 2. The normalized spacial score (nSPS) is 17.4. The smallest absolute Gasteiger partial charge is 0.338 e. The van der Waals surface area contributed by atoms with E-state index in [1.54, 1.807) is 62.5 Å². The molecule has 1 N–H and O–H groups in total. The Morgan fingerprint density at radius 1 is 1.19 bits per heavy atom. The molecule has 9 heteroatoms. The summed E-state index contributed by atoms with van der Waals surface area (Å²) < 4.78 is 10.2. The van der Waals surface area contributed by atoms with Crippen LogP contribution in [-0.4, -0.2) is 53.9 Å². The Morgan fingerprint density at radius 2 is 1.90 bits per heavy atom. The quantitative estimate of drug-likeness (QED) is 0.690. The highest BCUT2D eigenvalue weighted by atomic mass is 32.2. The van der Waals surface area contributed by atoms with E-state index in [1.807, 2.05) is 0 Å². The minimum atomic E-state index is -0.633. The number of carbonyl (C=O) groups is 3. The van der Waals surface area contributed by atoms with Gasteiger partial charge in [0.15, 0.2) is 5.17 Å². The van der Waals surface area contributed by atoms with E-state index in [-0.39, 0.29) is 18.2 Å². The fourth-order valence-electron chi connectivity index (χ4n) is 2.86. The van der Waals surface area contributed by atoms with E-state index in [9.17, 15) is 14.4 Å². The van der Waals surface area contributed by atoms with Gasteiger partial charge in [0.2, 0.25) is 11.8 Å². The highest BCUT2D eigenvalue weighted by molar-refractivity contribution is 8.15. The molecule has 1 aliphatic heterocycles. The van der Waals surface area contributed by atoms with Crippen molar-refractivity contribution in [3.8, 4) is 5.75 Å². The third-order valence-corrected chi connectivity index (χ3v) is 5.77. The molecular weight excluding hydrogens is 418 g/mol. The molecule has 1 fully saturated rings. The van der Waals surface area contributed by atoms with Gasteiger partial charge in [-0.1, -0.05) is 23.9 Å². The summed E-state index contributed by atoms with van der Waals surface area (Å²) >= 11 is 1.21. The molecule has 1 aliphatic rings. The molecule has 0 spiro atoms. The maximum Gasteiger partial charge on any atom is 0.338 e. The average Bonchev–Trinajstić information content (AvgIpc) is 2.77. The van der Waals surface area contributed by atoms with Gasteiger partial charge >= 0.3 is 5.97 Å². The summed E-state index contributed by atoms with van der Waals surface area (Å²) in [5, 5.41) is 2.59. The summed E-state index contributed by atoms with van der Waals surface area (Å²) in [7, 11) is 3.15. The van der Waals surface area contributed by atoms with Crippen LogP contribution < -0.4 is 10.1 Å². The van der Waals surface area contributed by atoms with Crippen LogP contribution in [0.15, 0.2) is 53.5 Å². The van der Waals surface area contributed by atoms with Gasteiger partial charge in [0, 0.05) is 13.5 Å². The van der Waals surface area contributed by atoms with Gasteiger partial charge in [0.05, 0.1) is 30.7 Å². The first-order valence-corrected chi connectivity index (χ1v) is 10.5. The van der Waals surface area contributed by atoms with E-state index >= 15 is 0 Å². The number of thioether (sulfide) groups is 1. The number of methoxy groups -OCH3 is 1. The van der Waals surface area contributed by atoms with Crippen LogP contribution in [0.3, 0.4) is 0 Å². The van der Waals surface area contributed by atoms with Crippen molar-refractivity contribution in [3.05, 3.63) is 54.1 Å². The monoisotopic (exact) mass is 441 g/mol. The molecule has 3 rings (SSSR count). The fraction of sp³-hybridized carbons (Fsp3) is 0.273. The molecule has 8 nitrogen and oxygen atoms in total. The number of rotatable bonds is 6. The minimum absolute atomic E-state index is 0.0585. The highest BCUT2D eigenvalue weighted by Gasteiger charge is 2.34. The summed E-state index contributed by atoms with van der Waals surface area (Å²) in [4.78, 5) is 43.0. The van der Waals surface area contributed by atoms with E-state index < -0.39 is 11.2 Å². The van der Waals surface area contributed by atoms with Crippen LogP contribution in [0, 0.1) is 0 Å². The zero-order valence-electron chi connectivity index (χ0n) is 17.5. The Bertz CT molecular complexity index is 1010. The van der Waals surface area contributed by atoms with Crippen molar-refractivity contribution >= 4 is 46.1 Å². The second-order valence-corrected chi connectivity index (χ2v) is 7.78. The number of anilines is 1. The summed E-state index contributed by atoms with van der Waals surface area (Å²) in [5.74, 6) is -0.382. The standard InChI is InChI=1S/C22H23N3O5S/c1-4-30-21(28)14-9-11-15(12-10-14)23-22-25(2)19(26)13-18(31-22)20(27)24-16-7-5-6-8-17(16)29-3/h5-12,18H,4,13H2,1-3H3,(H,24,27). The van der Waals surface area contributed by atoms with Crippen LogP contribution in [0.5, 0.6) is 5.75 Å². The number of aliphatic imine (C=N–C) groups is 1. The molecule has 0 saturated carbocycles. The summed E-state index contributed by atoms with van der Waals surface area (Å²) in [6.07, 6.45) is 0.0585. The fourth-order valence-corrected chi connectivity index (χ4v) is 3.92. The lowest BCUT2D eigenvalue weighted by atomic mass is 10.2. The number of para-hydroxylation sites is 2. The van der Waals surface area contributed by atoms with Crippen molar-refractivity contribution in [2.45, 2.75) is 18.6 Å².